The van der Waals surface area contributed by atoms with E-state index in [0.717, 1.165) is 40.2 Å². The number of benzene rings is 2. The molecule has 0 unspecified atom stereocenters. The van der Waals surface area contributed by atoms with Crippen LogP contribution in [-0.4, -0.2) is 26.6 Å². The van der Waals surface area contributed by atoms with E-state index in [-0.39, 0.29) is 5.91 Å². The Hall–Kier alpha value is -2.05. The van der Waals surface area contributed by atoms with Crippen LogP contribution in [0.1, 0.15) is 31.9 Å². The van der Waals surface area contributed by atoms with E-state index in [9.17, 15) is 13.2 Å². The zero-order valence-electron chi connectivity index (χ0n) is 16.0. The molecule has 2 rings (SSSR count). The van der Waals surface area contributed by atoms with Crippen LogP contribution in [0.3, 0.4) is 0 Å². The van der Waals surface area contributed by atoms with Gasteiger partial charge in [0.05, 0.1) is 11.9 Å². The Morgan fingerprint density at radius 1 is 1.07 bits per heavy atom. The minimum Gasteiger partial charge on any atom is -0.324 e. The van der Waals surface area contributed by atoms with Gasteiger partial charge in [-0.2, -0.15) is 0 Å². The van der Waals surface area contributed by atoms with Crippen LogP contribution in [0.25, 0.3) is 0 Å². The molecule has 2 aromatic carbocycles. The predicted molar refractivity (Wildman–Crippen MR) is 112 cm³/mol. The molecule has 1 N–H and O–H groups in total. The third kappa shape index (κ3) is 5.02. The Morgan fingerprint density at radius 3 is 2.04 bits per heavy atom. The van der Waals surface area contributed by atoms with Gasteiger partial charge in [0.25, 0.3) is 0 Å². The van der Waals surface area contributed by atoms with E-state index in [0.29, 0.717) is 10.7 Å². The quantitative estimate of drug-likeness (QED) is 0.744. The second kappa shape index (κ2) is 8.76. The first-order valence-corrected chi connectivity index (χ1v) is 11.1. The highest BCUT2D eigenvalue weighted by Gasteiger charge is 2.29. The molecule has 0 saturated heterocycles. The standard InChI is InChI=1S/C20H25ClN2O3S/c1-5-15-8-7-9-16(6-2)19(15)22-20(24)14(3)23(27(4,25)26)18-12-10-17(21)11-13-18/h7-14H,5-6H2,1-4H3,(H,22,24)/t14-/m1/s1. The zero-order chi connectivity index (χ0) is 20.2. The van der Waals surface area contributed by atoms with Crippen LogP contribution in [0, 0.1) is 0 Å². The number of rotatable bonds is 7. The number of hydrogen-bond acceptors (Lipinski definition) is 3. The molecular formula is C20H25ClN2O3S. The van der Waals surface area contributed by atoms with E-state index in [4.69, 9.17) is 11.6 Å². The zero-order valence-corrected chi connectivity index (χ0v) is 17.6. The fourth-order valence-corrected chi connectivity index (χ4v) is 4.33. The molecule has 0 bridgehead atoms. The molecule has 0 saturated carbocycles. The number of nitrogens with zero attached hydrogens (tertiary/aromatic N) is 1. The molecule has 0 aliphatic carbocycles. The number of hydrogen-bond donors (Lipinski definition) is 1. The van der Waals surface area contributed by atoms with Crippen LogP contribution in [-0.2, 0) is 27.7 Å². The van der Waals surface area contributed by atoms with E-state index in [1.807, 2.05) is 32.0 Å². The van der Waals surface area contributed by atoms with E-state index < -0.39 is 16.1 Å². The summed E-state index contributed by atoms with van der Waals surface area (Å²) in [5.41, 5.74) is 3.20. The van der Waals surface area contributed by atoms with Gasteiger partial charge in [-0.1, -0.05) is 43.6 Å². The summed E-state index contributed by atoms with van der Waals surface area (Å²) < 4.78 is 25.9. The number of nitrogens with one attached hydrogen (secondary N) is 1. The van der Waals surface area contributed by atoms with E-state index >= 15 is 0 Å². The predicted octanol–water partition coefficient (Wildman–Crippen LogP) is 4.26. The lowest BCUT2D eigenvalue weighted by Crippen LogP contribution is -2.45. The third-order valence-corrected chi connectivity index (χ3v) is 5.91. The van der Waals surface area contributed by atoms with Gasteiger partial charge >= 0.3 is 0 Å². The lowest BCUT2D eigenvalue weighted by atomic mass is 10.0. The summed E-state index contributed by atoms with van der Waals surface area (Å²) in [7, 11) is -3.67. The van der Waals surface area contributed by atoms with Crippen LogP contribution >= 0.6 is 11.6 Å². The van der Waals surface area contributed by atoms with Crippen molar-refractivity contribution in [3.05, 3.63) is 58.6 Å². The molecule has 0 radical (unpaired) electrons. The number of carbonyl (C=O) groups is 1. The molecule has 1 amide bonds. The van der Waals surface area contributed by atoms with Crippen molar-refractivity contribution >= 4 is 38.9 Å². The molecule has 146 valence electrons. The molecule has 0 heterocycles. The maximum Gasteiger partial charge on any atom is 0.248 e. The molecule has 0 aliphatic heterocycles. The summed E-state index contributed by atoms with van der Waals surface area (Å²) in [5.74, 6) is -0.383. The van der Waals surface area contributed by atoms with Crippen molar-refractivity contribution in [1.82, 2.24) is 0 Å². The van der Waals surface area contributed by atoms with Gasteiger partial charge in [0.2, 0.25) is 15.9 Å². The number of para-hydroxylation sites is 1. The fraction of sp³-hybridized carbons (Fsp3) is 0.350. The normalized spacial score (nSPS) is 12.5. The lowest BCUT2D eigenvalue weighted by Gasteiger charge is -2.29. The summed E-state index contributed by atoms with van der Waals surface area (Å²) in [5, 5.41) is 3.44. The minimum atomic E-state index is -3.67. The fourth-order valence-electron chi connectivity index (χ4n) is 3.03. The number of anilines is 2. The topological polar surface area (TPSA) is 66.5 Å². The van der Waals surface area contributed by atoms with Crippen LogP contribution in [0.15, 0.2) is 42.5 Å². The summed E-state index contributed by atoms with van der Waals surface area (Å²) in [6.45, 7) is 5.61. The second-order valence-corrected chi connectivity index (χ2v) is 8.65. The van der Waals surface area contributed by atoms with Crippen molar-refractivity contribution < 1.29 is 13.2 Å². The molecular weight excluding hydrogens is 384 g/mol. The van der Waals surface area contributed by atoms with Gasteiger partial charge < -0.3 is 5.32 Å². The van der Waals surface area contributed by atoms with E-state index in [1.54, 1.807) is 31.2 Å². The average Bonchev–Trinajstić information content (AvgIpc) is 2.62. The van der Waals surface area contributed by atoms with E-state index in [1.165, 1.54) is 0 Å². The summed E-state index contributed by atoms with van der Waals surface area (Å²) >= 11 is 5.90. The number of halogens is 1. The molecule has 5 nitrogen and oxygen atoms in total. The van der Waals surface area contributed by atoms with Crippen LogP contribution in [0.2, 0.25) is 5.02 Å². The first-order valence-electron chi connectivity index (χ1n) is 8.85. The Kier molecular flexibility index (Phi) is 6.89. The van der Waals surface area contributed by atoms with Gasteiger partial charge in [0.15, 0.2) is 0 Å². The van der Waals surface area contributed by atoms with Crippen LogP contribution in [0.4, 0.5) is 11.4 Å². The molecule has 2 aromatic rings. The average molecular weight is 409 g/mol. The molecule has 0 spiro atoms. The summed E-state index contributed by atoms with van der Waals surface area (Å²) in [4.78, 5) is 12.9. The smallest absolute Gasteiger partial charge is 0.248 e. The first kappa shape index (κ1) is 21.3. The maximum absolute atomic E-state index is 12.9. The number of aryl methyl sites for hydroxylation is 2. The van der Waals surface area contributed by atoms with Gasteiger partial charge in [-0.15, -0.1) is 0 Å². The van der Waals surface area contributed by atoms with Gasteiger partial charge in [0.1, 0.15) is 6.04 Å². The first-order chi connectivity index (χ1) is 12.7. The number of carbonyl (C=O) groups excluding carboxylic acids is 1. The van der Waals surface area contributed by atoms with Crippen molar-refractivity contribution in [2.45, 2.75) is 39.7 Å². The Bertz CT molecular complexity index is 889. The lowest BCUT2D eigenvalue weighted by molar-refractivity contribution is -0.116. The SMILES string of the molecule is CCc1cccc(CC)c1NC(=O)[C@@H](C)N(c1ccc(Cl)cc1)S(C)(=O)=O. The largest absolute Gasteiger partial charge is 0.324 e. The van der Waals surface area contributed by atoms with Gasteiger partial charge in [-0.05, 0) is 55.2 Å². The molecule has 27 heavy (non-hydrogen) atoms. The van der Waals surface area contributed by atoms with Crippen molar-refractivity contribution in [1.29, 1.82) is 0 Å². The monoisotopic (exact) mass is 408 g/mol. The van der Waals surface area contributed by atoms with Gasteiger partial charge in [-0.3, -0.25) is 9.10 Å². The summed E-state index contributed by atoms with van der Waals surface area (Å²) in [6, 6.07) is 11.3. The molecule has 0 aliphatic rings. The number of sulfonamides is 1. The van der Waals surface area contributed by atoms with Crippen molar-refractivity contribution in [2.24, 2.45) is 0 Å². The number of amides is 1. The maximum atomic E-state index is 12.9. The second-order valence-electron chi connectivity index (χ2n) is 6.36. The molecule has 7 heteroatoms. The molecule has 0 fully saturated rings. The molecule has 1 atom stereocenters. The van der Waals surface area contributed by atoms with Crippen molar-refractivity contribution in [2.75, 3.05) is 15.9 Å². The highest BCUT2D eigenvalue weighted by atomic mass is 35.5. The Morgan fingerprint density at radius 2 is 1.59 bits per heavy atom. The van der Waals surface area contributed by atoms with Crippen molar-refractivity contribution in [3.63, 3.8) is 0 Å². The minimum absolute atomic E-state index is 0.383. The van der Waals surface area contributed by atoms with Gasteiger partial charge in [-0.25, -0.2) is 8.42 Å². The van der Waals surface area contributed by atoms with Crippen LogP contribution in [0.5, 0.6) is 0 Å². The van der Waals surface area contributed by atoms with E-state index in [2.05, 4.69) is 5.32 Å². The molecule has 0 aromatic heterocycles. The van der Waals surface area contributed by atoms with Gasteiger partial charge in [0, 0.05) is 10.7 Å². The van der Waals surface area contributed by atoms with Crippen LogP contribution < -0.4 is 9.62 Å². The highest BCUT2D eigenvalue weighted by molar-refractivity contribution is 7.92. The Labute approximate surface area is 166 Å². The van der Waals surface area contributed by atoms with Crippen molar-refractivity contribution in [3.8, 4) is 0 Å². The summed E-state index contributed by atoms with van der Waals surface area (Å²) in [6.07, 6.45) is 2.62. The third-order valence-electron chi connectivity index (χ3n) is 4.42. The highest BCUT2D eigenvalue weighted by Crippen LogP contribution is 2.26. The Balaban J connectivity index is 2.38.